The molecule has 0 saturated carbocycles. The first-order chi connectivity index (χ1) is 10.0. The minimum Gasteiger partial charge on any atom is -0.476 e. The number of aromatic carboxylic acids is 1. The normalized spacial score (nSPS) is 13.3. The number of carbonyl (C=O) groups is 2. The molecule has 0 atom stereocenters. The molecule has 1 aromatic carbocycles. The third kappa shape index (κ3) is 2.47. The first-order valence-corrected chi connectivity index (χ1v) is 6.27. The van der Waals surface area contributed by atoms with Gasteiger partial charge in [0.1, 0.15) is 12.4 Å². The van der Waals surface area contributed by atoms with Crippen LogP contribution in [0.3, 0.4) is 0 Å². The topological polar surface area (TPSA) is 88.3 Å². The van der Waals surface area contributed by atoms with Crippen molar-refractivity contribution >= 4 is 17.6 Å². The molecule has 0 radical (unpaired) electrons. The fourth-order valence-electron chi connectivity index (χ4n) is 2.31. The number of rotatable bonds is 3. The van der Waals surface area contributed by atoms with E-state index >= 15 is 0 Å². The van der Waals surface area contributed by atoms with Gasteiger partial charge in [-0.1, -0.05) is 11.3 Å². The molecule has 3 rings (SSSR count). The van der Waals surface area contributed by atoms with Gasteiger partial charge in [0, 0.05) is 12.2 Å². The summed E-state index contributed by atoms with van der Waals surface area (Å²) in [6, 6.07) is 4.35. The number of hydrogen-bond acceptors (Lipinski definition) is 4. The minimum absolute atomic E-state index is 0.143. The SMILES string of the molecule is O=C(O)c1cn(CC(=O)N2CCc3ccc(F)cc32)nn1. The number of anilines is 1. The van der Waals surface area contributed by atoms with Crippen LogP contribution in [0.4, 0.5) is 10.1 Å². The lowest BCUT2D eigenvalue weighted by atomic mass is 10.2. The van der Waals surface area contributed by atoms with Gasteiger partial charge in [-0.25, -0.2) is 13.9 Å². The van der Waals surface area contributed by atoms with Crippen LogP contribution in [-0.4, -0.2) is 38.5 Å². The first-order valence-electron chi connectivity index (χ1n) is 6.27. The molecule has 108 valence electrons. The second kappa shape index (κ2) is 4.97. The third-order valence-corrected chi connectivity index (χ3v) is 3.30. The Morgan fingerprint density at radius 1 is 1.38 bits per heavy atom. The summed E-state index contributed by atoms with van der Waals surface area (Å²) in [6.45, 7) is 0.328. The van der Waals surface area contributed by atoms with E-state index in [4.69, 9.17) is 5.11 Å². The number of hydrogen-bond donors (Lipinski definition) is 1. The van der Waals surface area contributed by atoms with Gasteiger partial charge in [0.05, 0.1) is 6.20 Å². The molecule has 8 heteroatoms. The molecule has 0 aliphatic carbocycles. The van der Waals surface area contributed by atoms with E-state index in [0.29, 0.717) is 18.7 Å². The third-order valence-electron chi connectivity index (χ3n) is 3.30. The lowest BCUT2D eigenvalue weighted by molar-refractivity contribution is -0.119. The Bertz CT molecular complexity index is 728. The van der Waals surface area contributed by atoms with Crippen LogP contribution in [0.25, 0.3) is 0 Å². The fraction of sp³-hybridized carbons (Fsp3) is 0.231. The van der Waals surface area contributed by atoms with E-state index in [1.54, 1.807) is 6.07 Å². The number of halogens is 1. The van der Waals surface area contributed by atoms with E-state index in [1.807, 2.05) is 0 Å². The van der Waals surface area contributed by atoms with E-state index in [2.05, 4.69) is 10.3 Å². The summed E-state index contributed by atoms with van der Waals surface area (Å²) in [6.07, 6.45) is 1.85. The molecule has 0 unspecified atom stereocenters. The van der Waals surface area contributed by atoms with Gasteiger partial charge in [-0.3, -0.25) is 4.79 Å². The van der Waals surface area contributed by atoms with Crippen LogP contribution in [0.1, 0.15) is 16.1 Å². The Morgan fingerprint density at radius 2 is 2.19 bits per heavy atom. The predicted molar refractivity (Wildman–Crippen MR) is 69.4 cm³/mol. The molecule has 1 aliphatic heterocycles. The van der Waals surface area contributed by atoms with Gasteiger partial charge < -0.3 is 10.0 Å². The van der Waals surface area contributed by atoms with Gasteiger partial charge in [0.25, 0.3) is 0 Å². The molecule has 0 bridgehead atoms. The maximum atomic E-state index is 13.3. The van der Waals surface area contributed by atoms with Gasteiger partial charge in [-0.2, -0.15) is 0 Å². The van der Waals surface area contributed by atoms with Crippen molar-refractivity contribution in [2.45, 2.75) is 13.0 Å². The fourth-order valence-corrected chi connectivity index (χ4v) is 2.31. The molecular weight excluding hydrogens is 279 g/mol. The van der Waals surface area contributed by atoms with Crippen molar-refractivity contribution in [2.75, 3.05) is 11.4 Å². The Kier molecular flexibility index (Phi) is 3.13. The second-order valence-corrected chi connectivity index (χ2v) is 4.67. The number of carboxylic acid groups (broad SMARTS) is 1. The van der Waals surface area contributed by atoms with E-state index in [9.17, 15) is 14.0 Å². The zero-order valence-electron chi connectivity index (χ0n) is 10.9. The van der Waals surface area contributed by atoms with Crippen LogP contribution in [0.5, 0.6) is 0 Å². The number of carbonyl (C=O) groups excluding carboxylic acids is 1. The molecule has 0 fully saturated rings. The Labute approximate surface area is 118 Å². The lowest BCUT2D eigenvalue weighted by Crippen LogP contribution is -2.32. The van der Waals surface area contributed by atoms with Crippen LogP contribution in [0.2, 0.25) is 0 Å². The second-order valence-electron chi connectivity index (χ2n) is 4.67. The van der Waals surface area contributed by atoms with Gasteiger partial charge in [0.2, 0.25) is 5.91 Å². The quantitative estimate of drug-likeness (QED) is 0.899. The number of benzene rings is 1. The van der Waals surface area contributed by atoms with Crippen molar-refractivity contribution in [1.29, 1.82) is 0 Å². The predicted octanol–water partition coefficient (Wildman–Crippen LogP) is 0.705. The summed E-state index contributed by atoms with van der Waals surface area (Å²) in [5, 5.41) is 15.8. The van der Waals surface area contributed by atoms with Crippen molar-refractivity contribution < 1.29 is 19.1 Å². The van der Waals surface area contributed by atoms with Gasteiger partial charge in [-0.05, 0) is 24.1 Å². The lowest BCUT2D eigenvalue weighted by Gasteiger charge is -2.17. The van der Waals surface area contributed by atoms with Gasteiger partial charge in [-0.15, -0.1) is 5.10 Å². The molecule has 1 amide bonds. The summed E-state index contributed by atoms with van der Waals surface area (Å²) in [7, 11) is 0. The highest BCUT2D eigenvalue weighted by Gasteiger charge is 2.25. The average Bonchev–Trinajstić information content (AvgIpc) is 3.04. The maximum Gasteiger partial charge on any atom is 0.358 e. The zero-order chi connectivity index (χ0) is 15.0. The highest BCUT2D eigenvalue weighted by atomic mass is 19.1. The molecule has 0 spiro atoms. The largest absolute Gasteiger partial charge is 0.476 e. The van der Waals surface area contributed by atoms with E-state index in [1.165, 1.54) is 23.2 Å². The highest BCUT2D eigenvalue weighted by molar-refractivity contribution is 5.95. The van der Waals surface area contributed by atoms with Crippen molar-refractivity contribution in [1.82, 2.24) is 15.0 Å². The summed E-state index contributed by atoms with van der Waals surface area (Å²) in [4.78, 5) is 24.4. The molecule has 21 heavy (non-hydrogen) atoms. The molecule has 2 aromatic rings. The number of carboxylic acids is 1. The van der Waals surface area contributed by atoms with Crippen molar-refractivity contribution in [3.63, 3.8) is 0 Å². The molecule has 7 nitrogen and oxygen atoms in total. The Balaban J connectivity index is 1.78. The van der Waals surface area contributed by atoms with Crippen molar-refractivity contribution in [2.24, 2.45) is 0 Å². The van der Waals surface area contributed by atoms with E-state index < -0.39 is 11.8 Å². The highest BCUT2D eigenvalue weighted by Crippen LogP contribution is 2.28. The number of amides is 1. The van der Waals surface area contributed by atoms with Crippen molar-refractivity contribution in [3.8, 4) is 0 Å². The summed E-state index contributed by atoms with van der Waals surface area (Å²) >= 11 is 0. The molecule has 1 N–H and O–H groups in total. The monoisotopic (exact) mass is 290 g/mol. The molecule has 2 heterocycles. The average molecular weight is 290 g/mol. The smallest absolute Gasteiger partial charge is 0.358 e. The van der Waals surface area contributed by atoms with Crippen LogP contribution in [0, 0.1) is 5.82 Å². The summed E-state index contributed by atoms with van der Waals surface area (Å²) < 4.78 is 14.4. The van der Waals surface area contributed by atoms with E-state index in [0.717, 1.165) is 10.2 Å². The standard InChI is InChI=1S/C13H11FN4O3/c14-9-2-1-8-3-4-18(11(8)5-9)12(19)7-17-6-10(13(20)21)15-16-17/h1-2,5-6H,3-4,7H2,(H,20,21). The van der Waals surface area contributed by atoms with Gasteiger partial charge in [0.15, 0.2) is 5.69 Å². The van der Waals surface area contributed by atoms with Crippen LogP contribution in [-0.2, 0) is 17.8 Å². The Hall–Kier alpha value is -2.77. The van der Waals surface area contributed by atoms with Crippen LogP contribution in [0.15, 0.2) is 24.4 Å². The summed E-state index contributed by atoms with van der Waals surface area (Å²) in [5.74, 6) is -1.90. The minimum atomic E-state index is -1.21. The number of fused-ring (bicyclic) bond motifs is 1. The van der Waals surface area contributed by atoms with Crippen LogP contribution < -0.4 is 4.90 Å². The molecular formula is C13H11FN4O3. The zero-order valence-corrected chi connectivity index (χ0v) is 10.9. The van der Waals surface area contributed by atoms with Crippen molar-refractivity contribution in [3.05, 3.63) is 41.5 Å². The molecule has 1 aromatic heterocycles. The maximum absolute atomic E-state index is 13.3. The van der Waals surface area contributed by atoms with Crippen LogP contribution >= 0.6 is 0 Å². The number of aromatic nitrogens is 3. The van der Waals surface area contributed by atoms with E-state index in [-0.39, 0.29) is 18.1 Å². The summed E-state index contributed by atoms with van der Waals surface area (Å²) in [5.41, 5.74) is 1.24. The Morgan fingerprint density at radius 3 is 2.90 bits per heavy atom. The molecule has 1 aliphatic rings. The van der Waals surface area contributed by atoms with Gasteiger partial charge >= 0.3 is 5.97 Å². The molecule has 0 saturated heterocycles. The first kappa shape index (κ1) is 13.2. The number of nitrogens with zero attached hydrogens (tertiary/aromatic N) is 4.